The lowest BCUT2D eigenvalue weighted by Gasteiger charge is -2.13. The van der Waals surface area contributed by atoms with Gasteiger partial charge in [0.2, 0.25) is 0 Å². The SMILES string of the molecule is CC(C)c1cccc(NC(=O)c2n[nH]c3c2CNCC3)c1. The zero-order chi connectivity index (χ0) is 14.8. The van der Waals surface area contributed by atoms with Crippen LogP contribution >= 0.6 is 0 Å². The van der Waals surface area contributed by atoms with Crippen molar-refractivity contribution in [2.24, 2.45) is 0 Å². The van der Waals surface area contributed by atoms with Gasteiger partial charge in [-0.15, -0.1) is 0 Å². The van der Waals surface area contributed by atoms with Crippen LogP contribution in [0.5, 0.6) is 0 Å². The van der Waals surface area contributed by atoms with Gasteiger partial charge in [0.25, 0.3) is 5.91 Å². The molecule has 0 spiro atoms. The van der Waals surface area contributed by atoms with Crippen molar-refractivity contribution in [2.45, 2.75) is 32.7 Å². The number of carbonyl (C=O) groups is 1. The molecule has 3 N–H and O–H groups in total. The summed E-state index contributed by atoms with van der Waals surface area (Å²) in [6, 6.07) is 7.95. The molecule has 1 amide bonds. The highest BCUT2D eigenvalue weighted by molar-refractivity contribution is 6.04. The van der Waals surface area contributed by atoms with Crippen molar-refractivity contribution in [2.75, 3.05) is 11.9 Å². The van der Waals surface area contributed by atoms with E-state index < -0.39 is 0 Å². The van der Waals surface area contributed by atoms with Gasteiger partial charge in [0.1, 0.15) is 0 Å². The fraction of sp³-hybridized carbons (Fsp3) is 0.375. The number of nitrogens with one attached hydrogen (secondary N) is 3. The van der Waals surface area contributed by atoms with E-state index in [-0.39, 0.29) is 5.91 Å². The molecular formula is C16H20N4O. The fourth-order valence-corrected chi connectivity index (χ4v) is 2.58. The minimum Gasteiger partial charge on any atom is -0.321 e. The van der Waals surface area contributed by atoms with Crippen LogP contribution in [0.3, 0.4) is 0 Å². The Labute approximate surface area is 124 Å². The van der Waals surface area contributed by atoms with Crippen LogP contribution < -0.4 is 10.6 Å². The largest absolute Gasteiger partial charge is 0.321 e. The summed E-state index contributed by atoms with van der Waals surface area (Å²) in [5.41, 5.74) is 4.56. The van der Waals surface area contributed by atoms with Gasteiger partial charge < -0.3 is 10.6 Å². The number of carbonyl (C=O) groups excluding carboxylic acids is 1. The molecule has 0 saturated carbocycles. The molecule has 0 atom stereocenters. The summed E-state index contributed by atoms with van der Waals surface area (Å²) < 4.78 is 0. The maximum Gasteiger partial charge on any atom is 0.276 e. The van der Waals surface area contributed by atoms with Crippen LogP contribution in [-0.2, 0) is 13.0 Å². The number of aromatic nitrogens is 2. The molecule has 2 aromatic rings. The Morgan fingerprint density at radius 2 is 2.24 bits per heavy atom. The van der Waals surface area contributed by atoms with Gasteiger partial charge in [-0.2, -0.15) is 5.10 Å². The quantitative estimate of drug-likeness (QED) is 0.810. The molecule has 0 bridgehead atoms. The Hall–Kier alpha value is -2.14. The van der Waals surface area contributed by atoms with Crippen LogP contribution in [0, 0.1) is 0 Å². The second-order valence-electron chi connectivity index (χ2n) is 5.69. The summed E-state index contributed by atoms with van der Waals surface area (Å²) in [7, 11) is 0. The predicted octanol–water partition coefficient (Wildman–Crippen LogP) is 2.43. The molecule has 1 aliphatic heterocycles. The summed E-state index contributed by atoms with van der Waals surface area (Å²) in [5.74, 6) is 0.279. The number of hydrogen-bond donors (Lipinski definition) is 3. The monoisotopic (exact) mass is 284 g/mol. The van der Waals surface area contributed by atoms with E-state index in [2.05, 4.69) is 40.7 Å². The molecule has 0 radical (unpaired) electrons. The minimum atomic E-state index is -0.155. The van der Waals surface area contributed by atoms with E-state index in [4.69, 9.17) is 0 Å². The lowest BCUT2D eigenvalue weighted by atomic mass is 10.0. The maximum atomic E-state index is 12.4. The third kappa shape index (κ3) is 2.83. The van der Waals surface area contributed by atoms with Gasteiger partial charge in [0.15, 0.2) is 5.69 Å². The molecule has 1 aromatic heterocycles. The molecule has 1 aliphatic rings. The second-order valence-corrected chi connectivity index (χ2v) is 5.69. The Morgan fingerprint density at radius 3 is 3.05 bits per heavy atom. The molecule has 2 heterocycles. The molecule has 5 nitrogen and oxygen atoms in total. The summed E-state index contributed by atoms with van der Waals surface area (Å²) in [4.78, 5) is 12.4. The average molecular weight is 284 g/mol. The van der Waals surface area contributed by atoms with Crippen LogP contribution in [0.1, 0.15) is 47.1 Å². The number of benzene rings is 1. The molecule has 0 unspecified atom stereocenters. The predicted molar refractivity (Wildman–Crippen MR) is 82.5 cm³/mol. The normalized spacial score (nSPS) is 14.0. The third-order valence-electron chi connectivity index (χ3n) is 3.83. The van der Waals surface area contributed by atoms with Crippen molar-refractivity contribution < 1.29 is 4.79 Å². The van der Waals surface area contributed by atoms with Gasteiger partial charge in [-0.05, 0) is 23.6 Å². The van der Waals surface area contributed by atoms with Crippen molar-refractivity contribution in [1.82, 2.24) is 15.5 Å². The topological polar surface area (TPSA) is 69.8 Å². The van der Waals surface area contributed by atoms with E-state index in [0.29, 0.717) is 18.2 Å². The Balaban J connectivity index is 1.80. The van der Waals surface area contributed by atoms with Crippen LogP contribution in [-0.4, -0.2) is 22.6 Å². The van der Waals surface area contributed by atoms with Gasteiger partial charge >= 0.3 is 0 Å². The Morgan fingerprint density at radius 1 is 1.38 bits per heavy atom. The van der Waals surface area contributed by atoms with E-state index in [1.165, 1.54) is 5.56 Å². The van der Waals surface area contributed by atoms with Crippen LogP contribution in [0.15, 0.2) is 24.3 Å². The molecule has 1 aromatic carbocycles. The first-order chi connectivity index (χ1) is 10.1. The summed E-state index contributed by atoms with van der Waals surface area (Å²) in [5, 5.41) is 13.4. The molecule has 0 aliphatic carbocycles. The number of anilines is 1. The standard InChI is InChI=1S/C16H20N4O/c1-10(2)11-4-3-5-12(8-11)18-16(21)15-13-9-17-7-6-14(13)19-20-15/h3-5,8,10,17H,6-7,9H2,1-2H3,(H,18,21)(H,19,20). The molecule has 21 heavy (non-hydrogen) atoms. The van der Waals surface area contributed by atoms with Gasteiger partial charge in [-0.25, -0.2) is 0 Å². The van der Waals surface area contributed by atoms with E-state index in [9.17, 15) is 4.79 Å². The zero-order valence-electron chi connectivity index (χ0n) is 12.4. The minimum absolute atomic E-state index is 0.155. The number of nitrogens with zero attached hydrogens (tertiary/aromatic N) is 1. The lowest BCUT2D eigenvalue weighted by molar-refractivity contribution is 0.102. The lowest BCUT2D eigenvalue weighted by Crippen LogP contribution is -2.25. The van der Waals surface area contributed by atoms with Crippen LogP contribution in [0.25, 0.3) is 0 Å². The zero-order valence-corrected chi connectivity index (χ0v) is 12.4. The van der Waals surface area contributed by atoms with Gasteiger partial charge in [-0.3, -0.25) is 9.89 Å². The van der Waals surface area contributed by atoms with Crippen molar-refractivity contribution in [3.05, 3.63) is 46.8 Å². The number of hydrogen-bond acceptors (Lipinski definition) is 3. The number of rotatable bonds is 3. The molecule has 110 valence electrons. The molecule has 3 rings (SSSR count). The van der Waals surface area contributed by atoms with Gasteiger partial charge in [-0.1, -0.05) is 26.0 Å². The molecule has 0 fully saturated rings. The molecular weight excluding hydrogens is 264 g/mol. The molecule has 5 heteroatoms. The second kappa shape index (κ2) is 5.69. The number of H-pyrrole nitrogens is 1. The van der Waals surface area contributed by atoms with Gasteiger partial charge in [0.05, 0.1) is 0 Å². The van der Waals surface area contributed by atoms with E-state index in [1.807, 2.05) is 18.2 Å². The summed E-state index contributed by atoms with van der Waals surface area (Å²) in [6.45, 7) is 5.89. The maximum absolute atomic E-state index is 12.4. The number of aromatic amines is 1. The highest BCUT2D eigenvalue weighted by atomic mass is 16.1. The van der Waals surface area contributed by atoms with Crippen molar-refractivity contribution in [1.29, 1.82) is 0 Å². The van der Waals surface area contributed by atoms with Crippen LogP contribution in [0.4, 0.5) is 5.69 Å². The summed E-state index contributed by atoms with van der Waals surface area (Å²) in [6.07, 6.45) is 0.887. The van der Waals surface area contributed by atoms with E-state index in [0.717, 1.165) is 29.9 Å². The third-order valence-corrected chi connectivity index (χ3v) is 3.83. The fourth-order valence-electron chi connectivity index (χ4n) is 2.58. The van der Waals surface area contributed by atoms with Crippen LogP contribution in [0.2, 0.25) is 0 Å². The highest BCUT2D eigenvalue weighted by Gasteiger charge is 2.21. The first kappa shape index (κ1) is 13.8. The Kier molecular flexibility index (Phi) is 3.75. The highest BCUT2D eigenvalue weighted by Crippen LogP contribution is 2.20. The van der Waals surface area contributed by atoms with E-state index >= 15 is 0 Å². The Bertz CT molecular complexity index is 660. The van der Waals surface area contributed by atoms with E-state index in [1.54, 1.807) is 0 Å². The van der Waals surface area contributed by atoms with Crippen molar-refractivity contribution in [3.63, 3.8) is 0 Å². The van der Waals surface area contributed by atoms with Crippen molar-refractivity contribution in [3.8, 4) is 0 Å². The van der Waals surface area contributed by atoms with Crippen molar-refractivity contribution >= 4 is 11.6 Å². The molecule has 0 saturated heterocycles. The van der Waals surface area contributed by atoms with Gasteiger partial charge in [0, 0.05) is 36.5 Å². The smallest absolute Gasteiger partial charge is 0.276 e. The number of fused-ring (bicyclic) bond motifs is 1. The number of amides is 1. The summed E-state index contributed by atoms with van der Waals surface area (Å²) >= 11 is 0. The average Bonchev–Trinajstić information content (AvgIpc) is 2.91. The first-order valence-electron chi connectivity index (χ1n) is 7.33. The first-order valence-corrected chi connectivity index (χ1v) is 7.33.